The highest BCUT2D eigenvalue weighted by Crippen LogP contribution is 2.32. The molecule has 0 spiro atoms. The summed E-state index contributed by atoms with van der Waals surface area (Å²) in [6.07, 6.45) is -0.526. The van der Waals surface area contributed by atoms with Crippen LogP contribution in [0.25, 0.3) is 0 Å². The predicted molar refractivity (Wildman–Crippen MR) is 76.8 cm³/mol. The first-order valence-electron chi connectivity index (χ1n) is 6.90. The van der Waals surface area contributed by atoms with Crippen LogP contribution in [0.2, 0.25) is 0 Å². The van der Waals surface area contributed by atoms with E-state index < -0.39 is 17.3 Å². The van der Waals surface area contributed by atoms with Crippen LogP contribution in [-0.2, 0) is 29.8 Å². The number of hydrogen-bond acceptors (Lipinski definition) is 4. The number of fused-ring (bicyclic) bond motifs is 1. The maximum Gasteiger partial charge on any atom is 0.410 e. The third kappa shape index (κ3) is 3.42. The Labute approximate surface area is 135 Å². The van der Waals surface area contributed by atoms with Crippen LogP contribution < -0.4 is 0 Å². The highest BCUT2D eigenvalue weighted by molar-refractivity contribution is 6.21. The summed E-state index contributed by atoms with van der Waals surface area (Å²) < 4.78 is 32.8. The topological polar surface area (TPSA) is 60.2 Å². The molecule has 2 heterocycles. The lowest BCUT2D eigenvalue weighted by Gasteiger charge is -2.27. The number of benzene rings is 1. The fourth-order valence-electron chi connectivity index (χ4n) is 2.33. The minimum absolute atomic E-state index is 0.0492. The van der Waals surface area contributed by atoms with E-state index in [1.165, 1.54) is 9.47 Å². The SMILES string of the molecule is O=C(OCc1ccccc1)N1CCn2c(nnc2C(F)(F)Cl)C1. The van der Waals surface area contributed by atoms with Gasteiger partial charge in [0.1, 0.15) is 6.61 Å². The minimum atomic E-state index is -3.58. The van der Waals surface area contributed by atoms with E-state index in [9.17, 15) is 13.6 Å². The molecule has 0 radical (unpaired) electrons. The summed E-state index contributed by atoms with van der Waals surface area (Å²) in [6, 6.07) is 9.25. The molecule has 0 saturated carbocycles. The third-order valence-corrected chi connectivity index (χ3v) is 3.64. The Balaban J connectivity index is 1.63. The second-order valence-corrected chi connectivity index (χ2v) is 5.53. The number of nitrogens with zero attached hydrogens (tertiary/aromatic N) is 4. The predicted octanol–water partition coefficient (Wildman–Crippen LogP) is 2.72. The Kier molecular flexibility index (Phi) is 4.16. The number of rotatable bonds is 3. The molecule has 3 rings (SSSR count). The molecule has 0 bridgehead atoms. The monoisotopic (exact) mass is 342 g/mol. The van der Waals surface area contributed by atoms with Crippen LogP contribution in [0.15, 0.2) is 30.3 Å². The zero-order valence-corrected chi connectivity index (χ0v) is 12.7. The van der Waals surface area contributed by atoms with Crippen molar-refractivity contribution >= 4 is 17.7 Å². The molecule has 0 fully saturated rings. The maximum absolute atomic E-state index is 13.2. The molecule has 1 aliphatic heterocycles. The van der Waals surface area contributed by atoms with Crippen molar-refractivity contribution in [3.63, 3.8) is 0 Å². The summed E-state index contributed by atoms with van der Waals surface area (Å²) in [5.41, 5.74) is 0.866. The number of ether oxygens (including phenoxy) is 1. The van der Waals surface area contributed by atoms with E-state index in [2.05, 4.69) is 10.2 Å². The molecule has 0 unspecified atom stereocenters. The fourth-order valence-corrected chi connectivity index (χ4v) is 2.47. The molecule has 0 saturated heterocycles. The van der Waals surface area contributed by atoms with E-state index in [1.54, 1.807) is 0 Å². The van der Waals surface area contributed by atoms with Gasteiger partial charge in [-0.3, -0.25) is 4.90 Å². The normalized spacial score (nSPS) is 14.5. The minimum Gasteiger partial charge on any atom is -0.445 e. The van der Waals surface area contributed by atoms with Crippen molar-refractivity contribution in [2.45, 2.75) is 25.1 Å². The van der Waals surface area contributed by atoms with Gasteiger partial charge in [-0.25, -0.2) is 4.79 Å². The van der Waals surface area contributed by atoms with E-state index in [0.717, 1.165) is 5.56 Å². The van der Waals surface area contributed by atoms with Crippen LogP contribution in [0.4, 0.5) is 13.6 Å². The number of aromatic nitrogens is 3. The first kappa shape index (κ1) is 15.7. The number of alkyl halides is 3. The molecule has 6 nitrogen and oxygen atoms in total. The maximum atomic E-state index is 13.2. The van der Waals surface area contributed by atoms with Gasteiger partial charge in [0.2, 0.25) is 5.82 Å². The van der Waals surface area contributed by atoms with Crippen LogP contribution >= 0.6 is 11.6 Å². The number of hydrogen-bond donors (Lipinski definition) is 0. The van der Waals surface area contributed by atoms with Crippen molar-refractivity contribution in [1.82, 2.24) is 19.7 Å². The van der Waals surface area contributed by atoms with Gasteiger partial charge >= 0.3 is 11.5 Å². The molecule has 9 heteroatoms. The molecule has 1 aliphatic rings. The van der Waals surface area contributed by atoms with Gasteiger partial charge in [0, 0.05) is 13.1 Å². The molecule has 0 atom stereocenters. The summed E-state index contributed by atoms with van der Waals surface area (Å²) in [7, 11) is 0. The molecule has 0 N–H and O–H groups in total. The lowest BCUT2D eigenvalue weighted by molar-refractivity contribution is 0.0710. The second kappa shape index (κ2) is 6.11. The van der Waals surface area contributed by atoms with Crippen LogP contribution in [-0.4, -0.2) is 32.3 Å². The van der Waals surface area contributed by atoms with Gasteiger partial charge in [0.15, 0.2) is 5.82 Å². The zero-order valence-electron chi connectivity index (χ0n) is 12.0. The lowest BCUT2D eigenvalue weighted by atomic mass is 10.2. The second-order valence-electron chi connectivity index (χ2n) is 5.05. The average Bonchev–Trinajstić information content (AvgIpc) is 2.96. The van der Waals surface area contributed by atoms with Crippen LogP contribution in [0.1, 0.15) is 17.2 Å². The summed E-state index contributed by atoms with van der Waals surface area (Å²) in [5, 5.41) is 3.50. The van der Waals surface area contributed by atoms with Gasteiger partial charge in [-0.2, -0.15) is 8.78 Å². The third-order valence-electron chi connectivity index (χ3n) is 3.47. The van der Waals surface area contributed by atoms with Gasteiger partial charge in [-0.1, -0.05) is 30.3 Å². The molecular formula is C14H13ClF2N4O2. The molecule has 2 aromatic rings. The van der Waals surface area contributed by atoms with Crippen molar-refractivity contribution in [2.75, 3.05) is 6.54 Å². The Bertz CT molecular complexity index is 703. The van der Waals surface area contributed by atoms with E-state index >= 15 is 0 Å². The molecule has 122 valence electrons. The van der Waals surface area contributed by atoms with Gasteiger partial charge in [-0.15, -0.1) is 10.2 Å². The van der Waals surface area contributed by atoms with Crippen molar-refractivity contribution in [2.24, 2.45) is 0 Å². The number of halogens is 3. The van der Waals surface area contributed by atoms with E-state index in [-0.39, 0.29) is 32.1 Å². The number of carbonyl (C=O) groups is 1. The number of carbonyl (C=O) groups excluding carboxylic acids is 1. The van der Waals surface area contributed by atoms with Gasteiger partial charge in [0.05, 0.1) is 6.54 Å². The molecule has 1 aromatic heterocycles. The zero-order chi connectivity index (χ0) is 16.4. The Morgan fingerprint density at radius 1 is 1.26 bits per heavy atom. The van der Waals surface area contributed by atoms with Crippen molar-refractivity contribution in [3.05, 3.63) is 47.5 Å². The molecule has 23 heavy (non-hydrogen) atoms. The average molecular weight is 343 g/mol. The molecule has 1 aromatic carbocycles. The summed E-state index contributed by atoms with van der Waals surface area (Å²) in [4.78, 5) is 13.4. The van der Waals surface area contributed by atoms with Gasteiger partial charge in [-0.05, 0) is 17.2 Å². The standard InChI is InChI=1S/C14H13ClF2N4O2/c15-14(16,17)12-19-18-11-8-20(6-7-21(11)12)13(22)23-9-10-4-2-1-3-5-10/h1-5H,6-9H2. The Morgan fingerprint density at radius 3 is 2.70 bits per heavy atom. The lowest BCUT2D eigenvalue weighted by Crippen LogP contribution is -2.39. The highest BCUT2D eigenvalue weighted by atomic mass is 35.5. The van der Waals surface area contributed by atoms with Crippen LogP contribution in [0, 0.1) is 0 Å². The Morgan fingerprint density at radius 2 is 2.00 bits per heavy atom. The highest BCUT2D eigenvalue weighted by Gasteiger charge is 2.37. The first-order valence-corrected chi connectivity index (χ1v) is 7.28. The molecule has 1 amide bonds. The largest absolute Gasteiger partial charge is 0.445 e. The number of amides is 1. The smallest absolute Gasteiger partial charge is 0.410 e. The summed E-state index contributed by atoms with van der Waals surface area (Å²) in [5.74, 6) is -0.352. The quantitative estimate of drug-likeness (QED) is 0.805. The van der Waals surface area contributed by atoms with E-state index in [4.69, 9.17) is 16.3 Å². The van der Waals surface area contributed by atoms with Gasteiger partial charge < -0.3 is 9.30 Å². The van der Waals surface area contributed by atoms with E-state index in [1.807, 2.05) is 30.3 Å². The molecule has 0 aliphatic carbocycles. The summed E-state index contributed by atoms with van der Waals surface area (Å²) in [6.45, 7) is 0.556. The van der Waals surface area contributed by atoms with E-state index in [0.29, 0.717) is 0 Å². The van der Waals surface area contributed by atoms with Crippen molar-refractivity contribution < 1.29 is 18.3 Å². The van der Waals surface area contributed by atoms with Crippen LogP contribution in [0.5, 0.6) is 0 Å². The van der Waals surface area contributed by atoms with Crippen molar-refractivity contribution in [3.8, 4) is 0 Å². The molecular weight excluding hydrogens is 330 g/mol. The fraction of sp³-hybridized carbons (Fsp3) is 0.357. The first-order chi connectivity index (χ1) is 10.9. The Hall–Kier alpha value is -2.22. The van der Waals surface area contributed by atoms with Crippen LogP contribution in [0.3, 0.4) is 0 Å². The van der Waals surface area contributed by atoms with Crippen molar-refractivity contribution in [1.29, 1.82) is 0 Å². The van der Waals surface area contributed by atoms with Gasteiger partial charge in [0.25, 0.3) is 0 Å². The summed E-state index contributed by atoms with van der Waals surface area (Å²) >= 11 is 4.99.